The fraction of sp³-hybridized carbons (Fsp3) is 0.333. The van der Waals surface area contributed by atoms with Gasteiger partial charge in [0.2, 0.25) is 0 Å². The predicted octanol–water partition coefficient (Wildman–Crippen LogP) is 4.37. The molecule has 0 spiro atoms. The molecular weight excluding hydrogens is 428 g/mol. The van der Waals surface area contributed by atoms with Gasteiger partial charge >= 0.3 is 12.1 Å². The zero-order chi connectivity index (χ0) is 23.3. The largest absolute Gasteiger partial charge is 0.444 e. The summed E-state index contributed by atoms with van der Waals surface area (Å²) in [6.45, 7) is 5.24. The van der Waals surface area contributed by atoms with Gasteiger partial charge in [-0.3, -0.25) is 10.1 Å². The molecule has 0 saturated heterocycles. The van der Waals surface area contributed by atoms with Gasteiger partial charge in [0, 0.05) is 13.1 Å². The first-order chi connectivity index (χ1) is 14.4. The highest BCUT2D eigenvalue weighted by Gasteiger charge is 2.22. The normalized spacial score (nSPS) is 12.1. The molecule has 1 amide bonds. The van der Waals surface area contributed by atoms with Crippen LogP contribution in [0.15, 0.2) is 42.5 Å². The number of aliphatic hydroxyl groups is 1. The number of rotatable bonds is 6. The molecule has 0 fully saturated rings. The van der Waals surface area contributed by atoms with Crippen molar-refractivity contribution in [2.24, 2.45) is 0 Å². The smallest absolute Gasteiger partial charge is 0.410 e. The molecule has 0 heterocycles. The van der Waals surface area contributed by atoms with Crippen molar-refractivity contribution >= 4 is 29.4 Å². The Morgan fingerprint density at radius 3 is 2.35 bits per heavy atom. The highest BCUT2D eigenvalue weighted by Crippen LogP contribution is 2.26. The zero-order valence-corrected chi connectivity index (χ0v) is 18.3. The number of likely N-dealkylation sites (N-methyl/N-ethyl adjacent to an activating group) is 1. The Labute approximate surface area is 184 Å². The maximum absolute atomic E-state index is 12.3. The van der Waals surface area contributed by atoms with Crippen molar-refractivity contribution in [3.05, 3.63) is 68.7 Å². The predicted molar refractivity (Wildman–Crippen MR) is 113 cm³/mol. The highest BCUT2D eigenvalue weighted by atomic mass is 35.5. The van der Waals surface area contributed by atoms with Gasteiger partial charge in [0.1, 0.15) is 16.4 Å². The Bertz CT molecular complexity index is 971. The molecule has 31 heavy (non-hydrogen) atoms. The lowest BCUT2D eigenvalue weighted by molar-refractivity contribution is -0.384. The van der Waals surface area contributed by atoms with Crippen LogP contribution in [0.5, 0.6) is 5.75 Å². The number of amides is 1. The Hall–Kier alpha value is -3.17. The first-order valence-corrected chi connectivity index (χ1v) is 9.63. The molecule has 10 heteroatoms. The number of nitrogens with zero attached hydrogens (tertiary/aromatic N) is 2. The molecule has 0 aliphatic rings. The van der Waals surface area contributed by atoms with Crippen LogP contribution in [0.2, 0.25) is 5.02 Å². The number of esters is 1. The molecule has 0 bridgehead atoms. The molecule has 0 saturated carbocycles. The molecule has 9 nitrogen and oxygen atoms in total. The summed E-state index contributed by atoms with van der Waals surface area (Å²) in [5.41, 5.74) is -0.577. The van der Waals surface area contributed by atoms with Gasteiger partial charge < -0.3 is 19.5 Å². The van der Waals surface area contributed by atoms with Crippen LogP contribution in [0, 0.1) is 10.1 Å². The zero-order valence-electron chi connectivity index (χ0n) is 17.5. The fourth-order valence-electron chi connectivity index (χ4n) is 2.48. The topological polar surface area (TPSA) is 119 Å². The fourth-order valence-corrected chi connectivity index (χ4v) is 2.67. The summed E-state index contributed by atoms with van der Waals surface area (Å²) in [4.78, 5) is 35.8. The van der Waals surface area contributed by atoms with Crippen LogP contribution in [0.4, 0.5) is 10.5 Å². The van der Waals surface area contributed by atoms with Crippen molar-refractivity contribution in [3.8, 4) is 5.75 Å². The minimum absolute atomic E-state index is 0.00247. The van der Waals surface area contributed by atoms with E-state index in [2.05, 4.69) is 0 Å². The van der Waals surface area contributed by atoms with Gasteiger partial charge in [-0.05, 0) is 50.6 Å². The minimum Gasteiger partial charge on any atom is -0.444 e. The minimum atomic E-state index is -0.985. The van der Waals surface area contributed by atoms with E-state index in [9.17, 15) is 24.8 Å². The van der Waals surface area contributed by atoms with Gasteiger partial charge in [-0.1, -0.05) is 23.7 Å². The second-order valence-electron chi connectivity index (χ2n) is 7.76. The van der Waals surface area contributed by atoms with E-state index in [1.54, 1.807) is 32.9 Å². The molecule has 0 aliphatic carbocycles. The van der Waals surface area contributed by atoms with Crippen LogP contribution in [0.25, 0.3) is 0 Å². The maximum Gasteiger partial charge on any atom is 0.410 e. The molecule has 1 unspecified atom stereocenters. The van der Waals surface area contributed by atoms with Crippen LogP contribution in [-0.4, -0.2) is 46.2 Å². The molecule has 166 valence electrons. The number of aliphatic hydroxyl groups excluding tert-OH is 1. The van der Waals surface area contributed by atoms with Gasteiger partial charge in [-0.25, -0.2) is 9.59 Å². The Balaban J connectivity index is 2.01. The molecule has 0 aliphatic heterocycles. The van der Waals surface area contributed by atoms with Gasteiger partial charge in [0.25, 0.3) is 5.69 Å². The van der Waals surface area contributed by atoms with Gasteiger partial charge in [0.05, 0.1) is 23.1 Å². The number of nitro benzene ring substituents is 1. The number of carbonyl (C=O) groups is 2. The molecule has 1 atom stereocenters. The molecule has 2 rings (SSSR count). The molecular formula is C21H23ClN2O7. The van der Waals surface area contributed by atoms with E-state index in [1.807, 2.05) is 0 Å². The molecule has 2 aromatic carbocycles. The SMILES string of the molecule is CN(CC(O)c1ccc(OC(=O)c2ccc(Cl)c([N+](=O)[O-])c2)cc1)C(=O)OC(C)(C)C. The lowest BCUT2D eigenvalue weighted by atomic mass is 10.1. The van der Waals surface area contributed by atoms with E-state index in [1.165, 1.54) is 36.2 Å². The number of benzene rings is 2. The lowest BCUT2D eigenvalue weighted by Gasteiger charge is -2.26. The van der Waals surface area contributed by atoms with E-state index in [0.717, 1.165) is 6.07 Å². The van der Waals surface area contributed by atoms with E-state index in [4.69, 9.17) is 21.1 Å². The third-order valence-electron chi connectivity index (χ3n) is 4.01. The molecule has 0 radical (unpaired) electrons. The van der Waals surface area contributed by atoms with Gasteiger partial charge in [-0.2, -0.15) is 0 Å². The number of carbonyl (C=O) groups excluding carboxylic acids is 2. The number of ether oxygens (including phenoxy) is 2. The van der Waals surface area contributed by atoms with Crippen LogP contribution in [0.3, 0.4) is 0 Å². The lowest BCUT2D eigenvalue weighted by Crippen LogP contribution is -2.36. The first-order valence-electron chi connectivity index (χ1n) is 9.25. The monoisotopic (exact) mass is 450 g/mol. The number of hydrogen-bond donors (Lipinski definition) is 1. The van der Waals surface area contributed by atoms with Crippen molar-refractivity contribution in [1.82, 2.24) is 4.90 Å². The Morgan fingerprint density at radius 2 is 1.81 bits per heavy atom. The summed E-state index contributed by atoms with van der Waals surface area (Å²) < 4.78 is 10.5. The second kappa shape index (κ2) is 9.76. The van der Waals surface area contributed by atoms with Crippen LogP contribution >= 0.6 is 11.6 Å². The molecule has 0 aromatic heterocycles. The summed E-state index contributed by atoms with van der Waals surface area (Å²) in [6.07, 6.45) is -1.55. The van der Waals surface area contributed by atoms with Crippen molar-refractivity contribution < 1.29 is 29.1 Å². The second-order valence-corrected chi connectivity index (χ2v) is 8.17. The van der Waals surface area contributed by atoms with Crippen molar-refractivity contribution in [2.45, 2.75) is 32.5 Å². The third-order valence-corrected chi connectivity index (χ3v) is 4.33. The number of halogens is 1. The van der Waals surface area contributed by atoms with Crippen molar-refractivity contribution in [3.63, 3.8) is 0 Å². The van der Waals surface area contributed by atoms with Gasteiger partial charge in [-0.15, -0.1) is 0 Å². The van der Waals surface area contributed by atoms with Gasteiger partial charge in [0.15, 0.2) is 0 Å². The average molecular weight is 451 g/mol. The molecule has 1 N–H and O–H groups in total. The Morgan fingerprint density at radius 1 is 1.19 bits per heavy atom. The average Bonchev–Trinajstić information content (AvgIpc) is 2.67. The van der Waals surface area contributed by atoms with Crippen LogP contribution in [-0.2, 0) is 4.74 Å². The van der Waals surface area contributed by atoms with Crippen LogP contribution in [0.1, 0.15) is 42.8 Å². The Kier molecular flexibility index (Phi) is 7.59. The summed E-state index contributed by atoms with van der Waals surface area (Å²) in [5.74, 6) is -0.614. The van der Waals surface area contributed by atoms with E-state index in [-0.39, 0.29) is 22.9 Å². The quantitative estimate of drug-likeness (QED) is 0.300. The third kappa shape index (κ3) is 6.94. The summed E-state index contributed by atoms with van der Waals surface area (Å²) in [7, 11) is 1.51. The molecule has 2 aromatic rings. The highest BCUT2D eigenvalue weighted by molar-refractivity contribution is 6.32. The number of hydrogen-bond acceptors (Lipinski definition) is 7. The maximum atomic E-state index is 12.3. The summed E-state index contributed by atoms with van der Waals surface area (Å²) in [6, 6.07) is 9.62. The van der Waals surface area contributed by atoms with Crippen molar-refractivity contribution in [1.29, 1.82) is 0 Å². The van der Waals surface area contributed by atoms with E-state index >= 15 is 0 Å². The summed E-state index contributed by atoms with van der Waals surface area (Å²) >= 11 is 5.74. The van der Waals surface area contributed by atoms with E-state index in [0.29, 0.717) is 5.56 Å². The van der Waals surface area contributed by atoms with Crippen molar-refractivity contribution in [2.75, 3.05) is 13.6 Å². The van der Waals surface area contributed by atoms with E-state index < -0.39 is 34.4 Å². The first kappa shape index (κ1) is 24.1. The number of nitro groups is 1. The van der Waals surface area contributed by atoms with Crippen LogP contribution < -0.4 is 4.74 Å². The standard InChI is InChI=1S/C21H23ClN2O7/c1-21(2,3)31-20(27)23(4)12-18(25)13-5-8-15(9-6-13)30-19(26)14-7-10-16(22)17(11-14)24(28)29/h5-11,18,25H,12H2,1-4H3. The summed E-state index contributed by atoms with van der Waals surface area (Å²) in [5, 5.41) is 21.2.